The molecule has 16 nitrogen and oxygen atoms in total. The second-order valence-electron chi connectivity index (χ2n) is 19.2. The minimum Gasteiger partial charge on any atom is -0.379 e. The van der Waals surface area contributed by atoms with Crippen molar-refractivity contribution in [1.82, 2.24) is 34.3 Å². The van der Waals surface area contributed by atoms with Crippen LogP contribution in [0.15, 0.2) is 95.7 Å². The molecule has 2 atom stereocenters. The van der Waals surface area contributed by atoms with Gasteiger partial charge in [0, 0.05) is 67.6 Å². The topological polar surface area (TPSA) is 184 Å². The van der Waals surface area contributed by atoms with E-state index in [4.69, 9.17) is 21.3 Å². The normalized spacial score (nSPS) is 20.7. The van der Waals surface area contributed by atoms with Gasteiger partial charge in [-0.25, -0.2) is 27.2 Å². The standard InChI is InChI=1S/C49H54ClFN10O6S/c1-49(2)15-11-34(39(26-49)32-3-5-35(50)6-4-32)29-57-19-21-58(22-20-57)36-7-9-38(42(24-36)60-43-23-33-12-16-52-47(33)55-41(43)28-54-60)48(62)56-68(65,66)37-8-10-40(44(25-37)61(63)64)53-27-31-13-17-59(18-14-31)45-30-67-46(45)51/h3-10,12,16,23-25,28,31,45-46,53H,11,13-15,17-22,26-27,29-30H2,1-2H3,(H,52,55)(H,56,62)/t45?,46-/m1/s1. The number of halogens is 2. The molecule has 0 saturated carbocycles. The van der Waals surface area contributed by atoms with Gasteiger partial charge in [-0.3, -0.25) is 24.7 Å². The van der Waals surface area contributed by atoms with Crippen molar-refractivity contribution >= 4 is 72.2 Å². The van der Waals surface area contributed by atoms with Crippen molar-refractivity contribution < 1.29 is 27.3 Å². The van der Waals surface area contributed by atoms with Crippen LogP contribution in [0.5, 0.6) is 0 Å². The van der Waals surface area contributed by atoms with Gasteiger partial charge in [-0.15, -0.1) is 0 Å². The first-order valence-electron chi connectivity index (χ1n) is 23.2. The largest absolute Gasteiger partial charge is 0.379 e. The van der Waals surface area contributed by atoms with Crippen LogP contribution in [0.3, 0.4) is 0 Å². The van der Waals surface area contributed by atoms with Gasteiger partial charge in [0.05, 0.1) is 45.4 Å². The van der Waals surface area contributed by atoms with Gasteiger partial charge in [0.15, 0.2) is 0 Å². The summed E-state index contributed by atoms with van der Waals surface area (Å²) in [4.78, 5) is 40.1. The molecule has 3 N–H and O–H groups in total. The second-order valence-corrected chi connectivity index (χ2v) is 21.4. The molecule has 3 aliphatic heterocycles. The smallest absolute Gasteiger partial charge is 0.293 e. The summed E-state index contributed by atoms with van der Waals surface area (Å²) >= 11 is 6.26. The number of amides is 1. The van der Waals surface area contributed by atoms with Crippen LogP contribution in [0, 0.1) is 21.4 Å². The van der Waals surface area contributed by atoms with Crippen molar-refractivity contribution in [1.29, 1.82) is 0 Å². The van der Waals surface area contributed by atoms with Crippen LogP contribution in [-0.4, -0.2) is 120 Å². The summed E-state index contributed by atoms with van der Waals surface area (Å²) in [5.41, 5.74) is 7.10. The molecule has 3 aromatic heterocycles. The fourth-order valence-corrected chi connectivity index (χ4v) is 11.2. The SMILES string of the molecule is CC1(C)CCC(CN2CCN(c3ccc(C(=O)NS(=O)(=O)c4ccc(NCC5CCN(C6CO[C@H]6F)CC5)c([N+](=O)[O-])c4)c(-n4ncc5nc6[nH]ccc6cc54)c3)CC2)=C(c2ccc(Cl)cc2)C1. The number of hydrogen-bond donors (Lipinski definition) is 3. The van der Waals surface area contributed by atoms with Crippen LogP contribution in [0.25, 0.3) is 33.3 Å². The monoisotopic (exact) mass is 964 g/mol. The number of carbonyl (C=O) groups is 1. The van der Waals surface area contributed by atoms with Gasteiger partial charge in [0.25, 0.3) is 21.6 Å². The highest BCUT2D eigenvalue weighted by Crippen LogP contribution is 2.43. The van der Waals surface area contributed by atoms with Gasteiger partial charge >= 0.3 is 0 Å². The Morgan fingerprint density at radius 2 is 1.79 bits per heavy atom. The van der Waals surface area contributed by atoms with Crippen molar-refractivity contribution in [2.75, 3.05) is 69.2 Å². The Labute approximate surface area is 398 Å². The minimum atomic E-state index is -4.61. The predicted molar refractivity (Wildman–Crippen MR) is 261 cm³/mol. The molecule has 3 fully saturated rings. The maximum Gasteiger partial charge on any atom is 0.293 e. The highest BCUT2D eigenvalue weighted by Gasteiger charge is 2.39. The molecule has 0 spiro atoms. The number of pyridine rings is 1. The van der Waals surface area contributed by atoms with Gasteiger partial charge in [0.2, 0.25) is 6.36 Å². The van der Waals surface area contributed by atoms with E-state index in [-0.39, 0.29) is 28.6 Å². The average molecular weight is 966 g/mol. The molecule has 3 aromatic carbocycles. The number of aromatic nitrogens is 4. The minimum absolute atomic E-state index is 0.0303. The van der Waals surface area contributed by atoms with E-state index in [9.17, 15) is 27.7 Å². The number of ether oxygens (including phenoxy) is 1. The average Bonchev–Trinajstić information content (AvgIpc) is 3.97. The number of rotatable bonds is 13. The Hall–Kier alpha value is -5.92. The summed E-state index contributed by atoms with van der Waals surface area (Å²) in [5.74, 6) is -0.749. The van der Waals surface area contributed by atoms with Crippen LogP contribution in [0.4, 0.5) is 21.5 Å². The number of piperazine rings is 1. The zero-order valence-corrected chi connectivity index (χ0v) is 39.5. The highest BCUT2D eigenvalue weighted by atomic mass is 35.5. The van der Waals surface area contributed by atoms with Crippen molar-refractivity contribution in [3.05, 3.63) is 117 Å². The number of H-pyrrole nitrogens is 1. The number of sulfonamides is 1. The van der Waals surface area contributed by atoms with Gasteiger partial charge in [-0.1, -0.05) is 43.2 Å². The number of nitro benzene ring substituents is 1. The lowest BCUT2D eigenvalue weighted by Crippen LogP contribution is -2.56. The van der Waals surface area contributed by atoms with Gasteiger partial charge in [0.1, 0.15) is 16.9 Å². The summed E-state index contributed by atoms with van der Waals surface area (Å²) in [5, 5.41) is 21.6. The van der Waals surface area contributed by atoms with Crippen LogP contribution in [-0.2, 0) is 14.8 Å². The molecule has 3 saturated heterocycles. The molecule has 0 radical (unpaired) electrons. The number of alkyl halides is 1. The number of fused-ring (bicyclic) bond motifs is 2. The maximum atomic E-state index is 14.3. The van der Waals surface area contributed by atoms with Gasteiger partial charge in [-0.05, 0) is 122 Å². The van der Waals surface area contributed by atoms with Crippen LogP contribution < -0.4 is 14.9 Å². The first-order chi connectivity index (χ1) is 32.7. The summed E-state index contributed by atoms with van der Waals surface area (Å²) in [6.07, 6.45) is 6.84. The molecule has 4 aliphatic rings. The van der Waals surface area contributed by atoms with E-state index in [1.807, 2.05) is 36.4 Å². The number of anilines is 2. The Bertz CT molecular complexity index is 3030. The highest BCUT2D eigenvalue weighted by molar-refractivity contribution is 7.90. The number of allylic oxidation sites excluding steroid dienone is 1. The summed E-state index contributed by atoms with van der Waals surface area (Å²) in [7, 11) is -4.61. The number of hydrogen-bond acceptors (Lipinski definition) is 12. The van der Waals surface area contributed by atoms with E-state index in [1.165, 1.54) is 28.8 Å². The van der Waals surface area contributed by atoms with E-state index >= 15 is 0 Å². The fraction of sp³-hybridized carbons (Fsp3) is 0.408. The Balaban J connectivity index is 0.875. The molecular formula is C49H54ClFN10O6S. The van der Waals surface area contributed by atoms with Crippen LogP contribution in [0.1, 0.15) is 61.9 Å². The number of nitrogens with zero attached hydrogens (tertiary/aromatic N) is 7. The zero-order valence-electron chi connectivity index (χ0n) is 38.0. The number of likely N-dealkylation sites (tertiary alicyclic amines) is 1. The molecule has 68 heavy (non-hydrogen) atoms. The van der Waals surface area contributed by atoms with Gasteiger partial charge < -0.3 is 19.9 Å². The van der Waals surface area contributed by atoms with Crippen LogP contribution >= 0.6 is 11.6 Å². The maximum absolute atomic E-state index is 14.3. The molecule has 1 amide bonds. The van der Waals surface area contributed by atoms with E-state index < -0.39 is 37.8 Å². The molecule has 356 valence electrons. The molecule has 6 heterocycles. The third-order valence-electron chi connectivity index (χ3n) is 14.2. The van der Waals surface area contributed by atoms with Crippen molar-refractivity contribution in [2.45, 2.75) is 63.2 Å². The fourth-order valence-electron chi connectivity index (χ4n) is 10.1. The first-order valence-corrected chi connectivity index (χ1v) is 25.0. The Morgan fingerprint density at radius 1 is 1.01 bits per heavy atom. The van der Waals surface area contributed by atoms with E-state index in [0.717, 1.165) is 87.0 Å². The molecule has 1 unspecified atom stereocenters. The second kappa shape index (κ2) is 18.5. The number of piperidine rings is 1. The predicted octanol–water partition coefficient (Wildman–Crippen LogP) is 8.19. The first kappa shape index (κ1) is 45.8. The van der Waals surface area contributed by atoms with E-state index in [1.54, 1.807) is 23.1 Å². The molecule has 6 aromatic rings. The van der Waals surface area contributed by atoms with E-state index in [0.29, 0.717) is 48.6 Å². The molecule has 19 heteroatoms. The van der Waals surface area contributed by atoms with Gasteiger partial charge in [-0.2, -0.15) is 5.10 Å². The van der Waals surface area contributed by atoms with E-state index in [2.05, 4.69) is 60.8 Å². The molecule has 10 rings (SSSR count). The third-order valence-corrected chi connectivity index (χ3v) is 15.8. The van der Waals surface area contributed by atoms with Crippen molar-refractivity contribution in [3.63, 3.8) is 0 Å². The quantitative estimate of drug-likeness (QED) is 0.0747. The lowest BCUT2D eigenvalue weighted by atomic mass is 9.72. The van der Waals surface area contributed by atoms with Crippen LogP contribution in [0.2, 0.25) is 5.02 Å². The summed E-state index contributed by atoms with van der Waals surface area (Å²) < 4.78 is 50.3. The molecule has 0 bridgehead atoms. The Kier molecular flexibility index (Phi) is 12.5. The number of carbonyl (C=O) groups excluding carboxylic acids is 1. The number of nitrogens with one attached hydrogen (secondary N) is 3. The van der Waals surface area contributed by atoms with Crippen molar-refractivity contribution in [2.24, 2.45) is 11.3 Å². The summed E-state index contributed by atoms with van der Waals surface area (Å²) in [6.45, 7) is 10.8. The van der Waals surface area contributed by atoms with Crippen molar-refractivity contribution in [3.8, 4) is 5.69 Å². The Morgan fingerprint density at radius 3 is 2.51 bits per heavy atom. The number of benzene rings is 3. The molecule has 1 aliphatic carbocycles. The number of aromatic amines is 1. The third kappa shape index (κ3) is 9.44. The summed E-state index contributed by atoms with van der Waals surface area (Å²) in [6, 6.07) is 20.6. The zero-order chi connectivity index (χ0) is 47.3. The number of nitro groups is 1. The lowest BCUT2D eigenvalue weighted by molar-refractivity contribution is -0.384. The molecular weight excluding hydrogens is 911 g/mol. The lowest BCUT2D eigenvalue weighted by Gasteiger charge is -2.43.